The lowest BCUT2D eigenvalue weighted by atomic mass is 10.0. The predicted octanol–water partition coefficient (Wildman–Crippen LogP) is 6.09. The van der Waals surface area contributed by atoms with Crippen LogP contribution >= 0.6 is 27.3 Å². The van der Waals surface area contributed by atoms with Crippen molar-refractivity contribution in [1.29, 1.82) is 0 Å². The van der Waals surface area contributed by atoms with E-state index in [1.165, 1.54) is 16.7 Å². The van der Waals surface area contributed by atoms with Gasteiger partial charge in [0.05, 0.1) is 18.3 Å². The second kappa shape index (κ2) is 7.00. The molecule has 2 heterocycles. The molecule has 0 aliphatic rings. The SMILES string of the molecule is O=c1c2c(-c3ccc4ccccc4c3)csc2ncn1Cc1cccc(Br)c1. The molecule has 0 atom stereocenters. The van der Waals surface area contributed by atoms with E-state index in [1.807, 2.05) is 41.8 Å². The third kappa shape index (κ3) is 3.07. The zero-order valence-corrected chi connectivity index (χ0v) is 17.2. The summed E-state index contributed by atoms with van der Waals surface area (Å²) < 4.78 is 2.68. The molecule has 0 amide bonds. The van der Waals surface area contributed by atoms with Crippen molar-refractivity contribution in [2.75, 3.05) is 0 Å². The standard InChI is InChI=1S/C23H15BrN2OS/c24-19-7-3-4-15(10-19)12-26-14-25-22-21(23(26)27)20(13-28-22)18-9-8-16-5-1-2-6-17(16)11-18/h1-11,13-14H,12H2. The van der Waals surface area contributed by atoms with Crippen LogP contribution in [0.25, 0.3) is 32.1 Å². The van der Waals surface area contributed by atoms with Crippen LogP contribution in [0.4, 0.5) is 0 Å². The van der Waals surface area contributed by atoms with Gasteiger partial charge in [-0.05, 0) is 40.1 Å². The first-order chi connectivity index (χ1) is 13.7. The van der Waals surface area contributed by atoms with E-state index in [2.05, 4.69) is 51.2 Å². The van der Waals surface area contributed by atoms with Gasteiger partial charge in [0.15, 0.2) is 0 Å². The van der Waals surface area contributed by atoms with Crippen molar-refractivity contribution >= 4 is 48.3 Å². The van der Waals surface area contributed by atoms with Crippen molar-refractivity contribution in [2.24, 2.45) is 0 Å². The second-order valence-electron chi connectivity index (χ2n) is 6.70. The van der Waals surface area contributed by atoms with Crippen molar-refractivity contribution in [2.45, 2.75) is 6.54 Å². The maximum Gasteiger partial charge on any atom is 0.263 e. The van der Waals surface area contributed by atoms with Gasteiger partial charge in [-0.2, -0.15) is 0 Å². The van der Waals surface area contributed by atoms with Crippen LogP contribution in [0.3, 0.4) is 0 Å². The van der Waals surface area contributed by atoms with Gasteiger partial charge in [0.25, 0.3) is 5.56 Å². The Bertz CT molecular complexity index is 1390. The van der Waals surface area contributed by atoms with Crippen LogP contribution in [0.5, 0.6) is 0 Å². The molecule has 0 aliphatic carbocycles. The van der Waals surface area contributed by atoms with Gasteiger partial charge in [-0.25, -0.2) is 4.98 Å². The summed E-state index contributed by atoms with van der Waals surface area (Å²) in [6.07, 6.45) is 1.65. The summed E-state index contributed by atoms with van der Waals surface area (Å²) >= 11 is 5.00. The Morgan fingerprint density at radius 1 is 0.964 bits per heavy atom. The fraction of sp³-hybridized carbons (Fsp3) is 0.0435. The maximum absolute atomic E-state index is 13.3. The topological polar surface area (TPSA) is 34.9 Å². The molecule has 5 rings (SSSR count). The van der Waals surface area contributed by atoms with Crippen LogP contribution in [-0.2, 0) is 6.54 Å². The molecule has 0 bridgehead atoms. The molecule has 5 heteroatoms. The lowest BCUT2D eigenvalue weighted by molar-refractivity contribution is 0.749. The number of aromatic nitrogens is 2. The van der Waals surface area contributed by atoms with Crippen molar-refractivity contribution in [3.8, 4) is 11.1 Å². The molecule has 3 nitrogen and oxygen atoms in total. The number of rotatable bonds is 3. The fourth-order valence-electron chi connectivity index (χ4n) is 3.48. The summed E-state index contributed by atoms with van der Waals surface area (Å²) in [4.78, 5) is 18.6. The van der Waals surface area contributed by atoms with Gasteiger partial charge in [-0.3, -0.25) is 9.36 Å². The van der Waals surface area contributed by atoms with E-state index >= 15 is 0 Å². The van der Waals surface area contributed by atoms with E-state index in [1.54, 1.807) is 10.9 Å². The van der Waals surface area contributed by atoms with E-state index in [-0.39, 0.29) is 5.56 Å². The van der Waals surface area contributed by atoms with E-state index in [0.29, 0.717) is 11.9 Å². The van der Waals surface area contributed by atoms with Crippen LogP contribution in [-0.4, -0.2) is 9.55 Å². The lowest BCUT2D eigenvalue weighted by Gasteiger charge is -2.07. The first kappa shape index (κ1) is 17.3. The van der Waals surface area contributed by atoms with Gasteiger partial charge >= 0.3 is 0 Å². The molecule has 28 heavy (non-hydrogen) atoms. The van der Waals surface area contributed by atoms with Crippen LogP contribution in [0.1, 0.15) is 5.56 Å². The summed E-state index contributed by atoms with van der Waals surface area (Å²) in [6.45, 7) is 0.494. The summed E-state index contributed by atoms with van der Waals surface area (Å²) in [6, 6.07) is 22.6. The Morgan fingerprint density at radius 2 is 1.82 bits per heavy atom. The highest BCUT2D eigenvalue weighted by molar-refractivity contribution is 9.10. The van der Waals surface area contributed by atoms with Crippen molar-refractivity contribution in [3.63, 3.8) is 0 Å². The first-order valence-corrected chi connectivity index (χ1v) is 10.6. The van der Waals surface area contributed by atoms with Gasteiger partial charge < -0.3 is 0 Å². The Labute approximate surface area is 174 Å². The van der Waals surface area contributed by atoms with Crippen LogP contribution in [0.15, 0.2) is 87.7 Å². The number of nitrogens with zero attached hydrogens (tertiary/aromatic N) is 2. The van der Waals surface area contributed by atoms with Crippen LogP contribution in [0, 0.1) is 0 Å². The number of halogens is 1. The van der Waals surface area contributed by atoms with Crippen molar-refractivity contribution in [3.05, 3.63) is 98.8 Å². The molecule has 2 aromatic heterocycles. The molecule has 0 fully saturated rings. The molecule has 0 saturated carbocycles. The molecule has 0 unspecified atom stereocenters. The zero-order valence-electron chi connectivity index (χ0n) is 14.8. The molecule has 0 saturated heterocycles. The monoisotopic (exact) mass is 446 g/mol. The Hall–Kier alpha value is -2.76. The van der Waals surface area contributed by atoms with E-state index in [0.717, 1.165) is 31.4 Å². The van der Waals surface area contributed by atoms with E-state index < -0.39 is 0 Å². The Balaban J connectivity index is 1.65. The van der Waals surface area contributed by atoms with E-state index in [9.17, 15) is 4.79 Å². The molecule has 136 valence electrons. The number of hydrogen-bond donors (Lipinski definition) is 0. The summed E-state index contributed by atoms with van der Waals surface area (Å²) in [5, 5.41) is 5.08. The predicted molar refractivity (Wildman–Crippen MR) is 120 cm³/mol. The fourth-order valence-corrected chi connectivity index (χ4v) is 4.83. The smallest absolute Gasteiger partial charge is 0.263 e. The minimum Gasteiger partial charge on any atom is -0.294 e. The number of fused-ring (bicyclic) bond motifs is 2. The second-order valence-corrected chi connectivity index (χ2v) is 8.47. The number of thiophene rings is 1. The lowest BCUT2D eigenvalue weighted by Crippen LogP contribution is -2.20. The van der Waals surface area contributed by atoms with Gasteiger partial charge in [0.2, 0.25) is 0 Å². The Morgan fingerprint density at radius 3 is 2.68 bits per heavy atom. The van der Waals surface area contributed by atoms with Gasteiger partial charge in [0, 0.05) is 15.4 Å². The summed E-state index contributed by atoms with van der Waals surface area (Å²) in [7, 11) is 0. The molecule has 3 aromatic carbocycles. The third-order valence-corrected chi connectivity index (χ3v) is 6.24. The highest BCUT2D eigenvalue weighted by Gasteiger charge is 2.14. The normalized spacial score (nSPS) is 11.3. The summed E-state index contributed by atoms with van der Waals surface area (Å²) in [5.41, 5.74) is 3.05. The molecule has 0 spiro atoms. The van der Waals surface area contributed by atoms with Gasteiger partial charge in [0.1, 0.15) is 4.83 Å². The average Bonchev–Trinajstić information content (AvgIpc) is 3.15. The highest BCUT2D eigenvalue weighted by atomic mass is 79.9. The summed E-state index contributed by atoms with van der Waals surface area (Å²) in [5.74, 6) is 0. The van der Waals surface area contributed by atoms with Gasteiger partial charge in [-0.1, -0.05) is 64.5 Å². The minimum absolute atomic E-state index is 0.00520. The zero-order chi connectivity index (χ0) is 19.1. The minimum atomic E-state index is -0.00520. The van der Waals surface area contributed by atoms with E-state index in [4.69, 9.17) is 0 Å². The molecular formula is C23H15BrN2OS. The third-order valence-electron chi connectivity index (χ3n) is 4.86. The Kier molecular flexibility index (Phi) is 4.34. The van der Waals surface area contributed by atoms with Crippen molar-refractivity contribution < 1.29 is 0 Å². The van der Waals surface area contributed by atoms with Crippen molar-refractivity contribution in [1.82, 2.24) is 9.55 Å². The molecule has 5 aromatic rings. The number of benzene rings is 3. The first-order valence-electron chi connectivity index (χ1n) is 8.89. The average molecular weight is 447 g/mol. The molecule has 0 radical (unpaired) electrons. The quantitative estimate of drug-likeness (QED) is 0.336. The van der Waals surface area contributed by atoms with Crippen LogP contribution in [0.2, 0.25) is 0 Å². The molecular weight excluding hydrogens is 432 g/mol. The largest absolute Gasteiger partial charge is 0.294 e. The highest BCUT2D eigenvalue weighted by Crippen LogP contribution is 2.32. The maximum atomic E-state index is 13.3. The molecule has 0 N–H and O–H groups in total. The van der Waals surface area contributed by atoms with Crippen LogP contribution < -0.4 is 5.56 Å². The number of hydrogen-bond acceptors (Lipinski definition) is 3. The molecule has 0 aliphatic heterocycles. The van der Waals surface area contributed by atoms with Gasteiger partial charge in [-0.15, -0.1) is 11.3 Å².